The van der Waals surface area contributed by atoms with E-state index in [9.17, 15) is 21.6 Å². The summed E-state index contributed by atoms with van der Waals surface area (Å²) in [5.41, 5.74) is 1.87. The number of hydrogen-bond donors (Lipinski definition) is 0. The van der Waals surface area contributed by atoms with E-state index in [2.05, 4.69) is 9.80 Å². The first-order chi connectivity index (χ1) is 27.0. The highest BCUT2D eigenvalue weighted by molar-refractivity contribution is 7.89. The second kappa shape index (κ2) is 18.4. The van der Waals surface area contributed by atoms with Crippen LogP contribution in [-0.4, -0.2) is 137 Å². The van der Waals surface area contributed by atoms with Gasteiger partial charge < -0.3 is 19.4 Å². The molecule has 3 aliphatic rings. The zero-order valence-electron chi connectivity index (χ0n) is 35.0. The molecule has 13 nitrogen and oxygen atoms in total. The Morgan fingerprint density at radius 2 is 1.37 bits per heavy atom. The molecule has 6 rings (SSSR count). The number of carbonyl (C=O) groups is 1. The quantitative estimate of drug-likeness (QED) is 0.263. The van der Waals surface area contributed by atoms with Crippen LogP contribution in [0.5, 0.6) is 0 Å². The Bertz CT molecular complexity index is 2020. The fourth-order valence-corrected chi connectivity index (χ4v) is 12.0. The third-order valence-electron chi connectivity index (χ3n) is 11.5. The number of ether oxygens (including phenoxy) is 1. The van der Waals surface area contributed by atoms with Gasteiger partial charge in [0, 0.05) is 90.3 Å². The lowest BCUT2D eigenvalue weighted by Crippen LogP contribution is -2.54. The predicted octanol–water partition coefficient (Wildman–Crippen LogP) is 6.16. The lowest BCUT2D eigenvalue weighted by atomic mass is 9.89. The van der Waals surface area contributed by atoms with E-state index in [-0.39, 0.29) is 37.0 Å². The van der Waals surface area contributed by atoms with Crippen molar-refractivity contribution in [3.05, 3.63) is 54.7 Å². The van der Waals surface area contributed by atoms with Crippen molar-refractivity contribution in [2.75, 3.05) is 95.9 Å². The summed E-state index contributed by atoms with van der Waals surface area (Å²) in [5.74, 6) is 0.379. The summed E-state index contributed by atoms with van der Waals surface area (Å²) in [7, 11) is -3.85. The Morgan fingerprint density at radius 1 is 0.754 bits per heavy atom. The maximum atomic E-state index is 14.6. The van der Waals surface area contributed by atoms with E-state index >= 15 is 0 Å². The molecule has 1 aromatic heterocycles. The zero-order valence-corrected chi connectivity index (χ0v) is 36.6. The fourth-order valence-electron chi connectivity index (χ4n) is 8.60. The number of anilines is 2. The normalized spacial score (nSPS) is 21.6. The van der Waals surface area contributed by atoms with Gasteiger partial charge in [-0.1, -0.05) is 44.4 Å². The number of rotatable bonds is 8. The highest BCUT2D eigenvalue weighted by atomic mass is 32.2. The Morgan fingerprint density at radius 3 is 2.00 bits per heavy atom. The van der Waals surface area contributed by atoms with Crippen LogP contribution in [0.4, 0.5) is 16.2 Å². The topological polar surface area (TPSA) is 119 Å². The summed E-state index contributed by atoms with van der Waals surface area (Å²) in [5, 5.41) is 0.905. The van der Waals surface area contributed by atoms with E-state index in [4.69, 9.17) is 4.74 Å². The monoisotopic (exact) mass is 827 g/mol. The summed E-state index contributed by atoms with van der Waals surface area (Å²) in [4.78, 5) is 20.0. The molecule has 2 aromatic carbocycles. The fraction of sp³-hybridized carbons (Fsp3) is 0.643. The van der Waals surface area contributed by atoms with Crippen LogP contribution in [-0.2, 0) is 25.0 Å². The van der Waals surface area contributed by atoms with Crippen LogP contribution in [0, 0.1) is 11.8 Å². The Balaban J connectivity index is 1.20. The Labute approximate surface area is 341 Å². The number of sulfonamides is 1. The number of para-hydroxylation sites is 1. The number of fused-ring (bicyclic) bond motifs is 1. The van der Waals surface area contributed by atoms with Crippen LogP contribution in [0.3, 0.4) is 0 Å². The van der Waals surface area contributed by atoms with E-state index < -0.39 is 31.9 Å². The average Bonchev–Trinajstić information content (AvgIpc) is 3.56. The minimum atomic E-state index is -3.88. The summed E-state index contributed by atoms with van der Waals surface area (Å²) < 4.78 is 69.6. The second-order valence-corrected chi connectivity index (χ2v) is 21.4. The van der Waals surface area contributed by atoms with E-state index in [0.717, 1.165) is 48.3 Å². The Kier molecular flexibility index (Phi) is 14.0. The van der Waals surface area contributed by atoms with E-state index in [1.807, 2.05) is 83.1 Å². The van der Waals surface area contributed by atoms with Gasteiger partial charge in [0.2, 0.25) is 10.0 Å². The molecule has 15 heteroatoms. The van der Waals surface area contributed by atoms with Crippen molar-refractivity contribution in [2.24, 2.45) is 11.8 Å². The number of hydrogen-bond acceptors (Lipinski definition) is 9. The molecular weight excluding hydrogens is 763 g/mol. The summed E-state index contributed by atoms with van der Waals surface area (Å²) >= 11 is 0. The molecule has 57 heavy (non-hydrogen) atoms. The number of benzene rings is 2. The SMILES string of the molecule is C[C@H]1CN(S(=O)(=O)c2ccc(N(C)C)cc2)CCCN(CC2CCCCC2)CCCN(S(=O)(=O)N2CCN(c3cn(C(=O)OC(C)(C)C)c4ccccc34)CC2)C1. The maximum absolute atomic E-state index is 14.6. The summed E-state index contributed by atoms with van der Waals surface area (Å²) in [6.07, 6.45) is 8.99. The molecule has 1 atom stereocenters. The molecule has 2 aliphatic heterocycles. The minimum absolute atomic E-state index is 0.222. The largest absolute Gasteiger partial charge is 0.443 e. The first kappa shape index (κ1) is 43.4. The van der Waals surface area contributed by atoms with Crippen molar-refractivity contribution < 1.29 is 26.4 Å². The molecule has 1 aliphatic carbocycles. The van der Waals surface area contributed by atoms with Crippen molar-refractivity contribution in [3.63, 3.8) is 0 Å². The molecule has 3 heterocycles. The number of carbonyl (C=O) groups excluding carboxylic acids is 1. The van der Waals surface area contributed by atoms with Gasteiger partial charge in [-0.05, 0) is 102 Å². The second-order valence-electron chi connectivity index (χ2n) is 17.5. The van der Waals surface area contributed by atoms with Gasteiger partial charge in [-0.25, -0.2) is 13.2 Å². The van der Waals surface area contributed by atoms with Gasteiger partial charge in [-0.2, -0.15) is 21.3 Å². The van der Waals surface area contributed by atoms with Gasteiger partial charge in [-0.3, -0.25) is 4.57 Å². The average molecular weight is 828 g/mol. The van der Waals surface area contributed by atoms with E-state index in [0.29, 0.717) is 38.5 Å². The van der Waals surface area contributed by atoms with Crippen LogP contribution in [0.25, 0.3) is 10.9 Å². The third-order valence-corrected chi connectivity index (χ3v) is 15.4. The molecule has 0 unspecified atom stereocenters. The third kappa shape index (κ3) is 10.7. The molecular formula is C42H65N7O6S2. The molecule has 3 fully saturated rings. The number of piperazine rings is 1. The molecule has 0 bridgehead atoms. The molecule has 0 N–H and O–H groups in total. The van der Waals surface area contributed by atoms with Crippen LogP contribution < -0.4 is 9.80 Å². The number of nitrogens with zero attached hydrogens (tertiary/aromatic N) is 7. The lowest BCUT2D eigenvalue weighted by Gasteiger charge is -2.39. The van der Waals surface area contributed by atoms with Gasteiger partial charge >= 0.3 is 6.09 Å². The maximum Gasteiger partial charge on any atom is 0.419 e. The first-order valence-corrected chi connectivity index (χ1v) is 23.7. The van der Waals surface area contributed by atoms with Crippen molar-refractivity contribution >= 4 is 48.6 Å². The van der Waals surface area contributed by atoms with Crippen LogP contribution in [0.2, 0.25) is 0 Å². The van der Waals surface area contributed by atoms with Crippen molar-refractivity contribution in [2.45, 2.75) is 83.1 Å². The van der Waals surface area contributed by atoms with Crippen molar-refractivity contribution in [3.8, 4) is 0 Å². The van der Waals surface area contributed by atoms with Gasteiger partial charge in [0.25, 0.3) is 10.2 Å². The molecule has 0 spiro atoms. The van der Waals surface area contributed by atoms with E-state index in [1.54, 1.807) is 31.2 Å². The molecule has 3 aromatic rings. The van der Waals surface area contributed by atoms with Crippen LogP contribution in [0.1, 0.15) is 72.6 Å². The Hall–Kier alpha value is -3.21. The van der Waals surface area contributed by atoms with Crippen LogP contribution in [0.15, 0.2) is 59.6 Å². The van der Waals surface area contributed by atoms with Gasteiger partial charge in [0.1, 0.15) is 5.60 Å². The predicted molar refractivity (Wildman–Crippen MR) is 229 cm³/mol. The minimum Gasteiger partial charge on any atom is -0.443 e. The van der Waals surface area contributed by atoms with Gasteiger partial charge in [0.15, 0.2) is 0 Å². The highest BCUT2D eigenvalue weighted by Crippen LogP contribution is 2.32. The smallest absolute Gasteiger partial charge is 0.419 e. The van der Waals surface area contributed by atoms with Gasteiger partial charge in [-0.15, -0.1) is 0 Å². The zero-order chi connectivity index (χ0) is 41.0. The van der Waals surface area contributed by atoms with Crippen molar-refractivity contribution in [1.29, 1.82) is 0 Å². The summed E-state index contributed by atoms with van der Waals surface area (Å²) in [6.45, 7) is 12.7. The molecule has 0 radical (unpaired) electrons. The molecule has 2 saturated heterocycles. The van der Waals surface area contributed by atoms with E-state index in [1.165, 1.54) is 36.7 Å². The number of aromatic nitrogens is 1. The van der Waals surface area contributed by atoms with Crippen LogP contribution >= 0.6 is 0 Å². The standard InChI is InChI=1S/C42H65N7O6S2/c1-34-30-47(56(51,52)37-20-18-36(19-21-37)43(5)6)24-12-22-44(32-35-14-8-7-9-15-35)23-13-25-48(31-34)57(53,54)46-28-26-45(27-29-46)40-33-49(41(50)55-42(2,3)4)39-17-11-10-16-38(39)40/h10-11,16-21,33-35H,7-9,12-15,22-32H2,1-6H3/t34-/m0/s1. The molecule has 316 valence electrons. The van der Waals surface area contributed by atoms with Gasteiger partial charge in [0.05, 0.1) is 16.1 Å². The highest BCUT2D eigenvalue weighted by Gasteiger charge is 2.36. The first-order valence-electron chi connectivity index (χ1n) is 20.9. The van der Waals surface area contributed by atoms with Crippen molar-refractivity contribution in [1.82, 2.24) is 22.4 Å². The molecule has 0 amide bonds. The molecule has 1 saturated carbocycles. The lowest BCUT2D eigenvalue weighted by molar-refractivity contribution is 0.0544. The summed E-state index contributed by atoms with van der Waals surface area (Å²) in [6, 6.07) is 14.7.